The van der Waals surface area contributed by atoms with Crippen molar-refractivity contribution in [3.05, 3.63) is 0 Å². The molecule has 0 heterocycles. The van der Waals surface area contributed by atoms with Crippen LogP contribution in [0, 0.1) is 46.3 Å². The number of carboxylic acids is 1. The number of hydrogen-bond acceptors (Lipinski definition) is 5. The quantitative estimate of drug-likeness (QED) is 0.315. The van der Waals surface area contributed by atoms with Gasteiger partial charge in [0, 0.05) is 12.8 Å². The van der Waals surface area contributed by atoms with Crippen molar-refractivity contribution in [2.45, 2.75) is 116 Å². The minimum Gasteiger partial charge on any atom is -0.480 e. The van der Waals surface area contributed by atoms with E-state index in [1.165, 1.54) is 19.3 Å². The molecule has 2 amide bonds. The molecule has 0 aromatic rings. The normalized spacial score (nSPS) is 42.6. The minimum absolute atomic E-state index is 0.00147. The van der Waals surface area contributed by atoms with E-state index in [1.807, 2.05) is 0 Å². The molecule has 11 atom stereocenters. The molecule has 0 saturated heterocycles. The van der Waals surface area contributed by atoms with E-state index in [4.69, 9.17) is 5.73 Å². The van der Waals surface area contributed by atoms with E-state index in [1.54, 1.807) is 0 Å². The number of rotatable bonds is 9. The van der Waals surface area contributed by atoms with Crippen LogP contribution in [0.3, 0.4) is 0 Å². The lowest BCUT2D eigenvalue weighted by atomic mass is 9.44. The maximum Gasteiger partial charge on any atom is 0.326 e. The van der Waals surface area contributed by atoms with Gasteiger partial charge in [0.15, 0.2) is 0 Å². The van der Waals surface area contributed by atoms with Gasteiger partial charge in [-0.1, -0.05) is 20.8 Å². The second kappa shape index (κ2) is 10.8. The molecule has 0 aromatic carbocycles. The molecule has 4 fully saturated rings. The third kappa shape index (κ3) is 5.42. The predicted octanol–water partition coefficient (Wildman–Crippen LogP) is 3.23. The number of fused-ring (bicyclic) bond motifs is 5. The maximum absolute atomic E-state index is 12.6. The molecule has 8 heteroatoms. The fourth-order valence-corrected chi connectivity index (χ4v) is 9.62. The number of carbonyl (C=O) groups excluding carboxylic acids is 2. The van der Waals surface area contributed by atoms with E-state index in [0.29, 0.717) is 36.0 Å². The molecule has 0 radical (unpaired) electrons. The van der Waals surface area contributed by atoms with Crippen molar-refractivity contribution < 1.29 is 29.7 Å². The Morgan fingerprint density at radius 3 is 2.27 bits per heavy atom. The van der Waals surface area contributed by atoms with Crippen LogP contribution in [0.15, 0.2) is 0 Å². The first-order valence-electron chi connectivity index (χ1n) is 14.5. The molecule has 0 aliphatic heterocycles. The fourth-order valence-electron chi connectivity index (χ4n) is 9.62. The zero-order chi connectivity index (χ0) is 27.1. The van der Waals surface area contributed by atoms with Gasteiger partial charge in [-0.25, -0.2) is 4.79 Å². The zero-order valence-corrected chi connectivity index (χ0v) is 22.8. The van der Waals surface area contributed by atoms with Crippen LogP contribution in [0.5, 0.6) is 0 Å². The predicted molar refractivity (Wildman–Crippen MR) is 139 cm³/mol. The molecule has 0 bridgehead atoms. The van der Waals surface area contributed by atoms with E-state index < -0.39 is 17.9 Å². The summed E-state index contributed by atoms with van der Waals surface area (Å²) in [5, 5.41) is 33.4. The number of aliphatic hydroxyl groups excluding tert-OH is 2. The number of hydrogen-bond donors (Lipinski definition) is 5. The van der Waals surface area contributed by atoms with Gasteiger partial charge >= 0.3 is 5.97 Å². The lowest BCUT2D eigenvalue weighted by Gasteiger charge is -2.62. The van der Waals surface area contributed by atoms with Gasteiger partial charge in [0.25, 0.3) is 0 Å². The molecular weight excluding hydrogens is 472 g/mol. The fraction of sp³-hybridized carbons (Fsp3) is 0.897. The van der Waals surface area contributed by atoms with Crippen LogP contribution < -0.4 is 11.1 Å². The summed E-state index contributed by atoms with van der Waals surface area (Å²) >= 11 is 0. The van der Waals surface area contributed by atoms with E-state index >= 15 is 0 Å². The summed E-state index contributed by atoms with van der Waals surface area (Å²) in [5.41, 5.74) is 5.44. The third-order valence-corrected chi connectivity index (χ3v) is 11.6. The molecule has 4 aliphatic rings. The number of carboxylic acid groups (broad SMARTS) is 1. The smallest absolute Gasteiger partial charge is 0.326 e. The lowest BCUT2D eigenvalue weighted by Crippen LogP contribution is -2.58. The van der Waals surface area contributed by atoms with Crippen LogP contribution in [0.25, 0.3) is 0 Å². The van der Waals surface area contributed by atoms with Crippen LogP contribution in [0.4, 0.5) is 0 Å². The first-order chi connectivity index (χ1) is 17.4. The lowest BCUT2D eigenvalue weighted by molar-refractivity contribution is -0.172. The van der Waals surface area contributed by atoms with E-state index in [2.05, 4.69) is 26.1 Å². The van der Waals surface area contributed by atoms with Gasteiger partial charge in [0.1, 0.15) is 6.04 Å². The molecule has 210 valence electrons. The number of nitrogens with two attached hydrogens (primary N) is 1. The van der Waals surface area contributed by atoms with Crippen molar-refractivity contribution in [1.82, 2.24) is 5.32 Å². The number of primary amides is 1. The SMILES string of the molecule is CC(CCC(=O)NC(CCC(N)=O)C(=O)O)C1CCC2C3CC(O)C4CC(O)CCC4(C)C3CCC12C. The first kappa shape index (κ1) is 28.3. The highest BCUT2D eigenvalue weighted by Gasteiger charge is 2.62. The van der Waals surface area contributed by atoms with Crippen molar-refractivity contribution in [3.63, 3.8) is 0 Å². The molecule has 11 unspecified atom stereocenters. The van der Waals surface area contributed by atoms with Crippen LogP contribution in [0.2, 0.25) is 0 Å². The monoisotopic (exact) mass is 520 g/mol. The van der Waals surface area contributed by atoms with E-state index in [0.717, 1.165) is 32.1 Å². The Kier molecular flexibility index (Phi) is 8.30. The molecule has 8 nitrogen and oxygen atoms in total. The van der Waals surface area contributed by atoms with Crippen molar-refractivity contribution in [3.8, 4) is 0 Å². The van der Waals surface area contributed by atoms with Crippen LogP contribution in [-0.4, -0.2) is 51.4 Å². The summed E-state index contributed by atoms with van der Waals surface area (Å²) in [6.07, 6.45) is 8.38. The average molecular weight is 521 g/mol. The van der Waals surface area contributed by atoms with Gasteiger partial charge in [-0.15, -0.1) is 0 Å². The Morgan fingerprint density at radius 2 is 1.59 bits per heavy atom. The Morgan fingerprint density at radius 1 is 0.919 bits per heavy atom. The van der Waals surface area contributed by atoms with Gasteiger partial charge in [-0.05, 0) is 111 Å². The molecule has 37 heavy (non-hydrogen) atoms. The van der Waals surface area contributed by atoms with Gasteiger partial charge in [-0.2, -0.15) is 0 Å². The van der Waals surface area contributed by atoms with Crippen molar-refractivity contribution in [2.24, 2.45) is 52.1 Å². The van der Waals surface area contributed by atoms with Gasteiger partial charge < -0.3 is 26.4 Å². The number of aliphatic hydroxyl groups is 2. The van der Waals surface area contributed by atoms with Gasteiger partial charge in [-0.3, -0.25) is 9.59 Å². The average Bonchev–Trinajstić information content (AvgIpc) is 3.18. The van der Waals surface area contributed by atoms with Crippen molar-refractivity contribution >= 4 is 17.8 Å². The highest BCUT2D eigenvalue weighted by Crippen LogP contribution is 2.68. The molecule has 4 rings (SSSR count). The van der Waals surface area contributed by atoms with Crippen LogP contribution in [-0.2, 0) is 14.4 Å². The number of aliphatic carboxylic acids is 1. The Bertz CT molecular complexity index is 880. The molecular formula is C29H48N2O6. The van der Waals surface area contributed by atoms with Crippen molar-refractivity contribution in [2.75, 3.05) is 0 Å². The maximum atomic E-state index is 12.6. The largest absolute Gasteiger partial charge is 0.480 e. The van der Waals surface area contributed by atoms with Gasteiger partial charge in [0.2, 0.25) is 11.8 Å². The Hall–Kier alpha value is -1.67. The Labute approximate surface area is 221 Å². The summed E-state index contributed by atoms with van der Waals surface area (Å²) in [4.78, 5) is 35.0. The highest BCUT2D eigenvalue weighted by atomic mass is 16.4. The van der Waals surface area contributed by atoms with Crippen LogP contribution >= 0.6 is 0 Å². The Balaban J connectivity index is 1.37. The van der Waals surface area contributed by atoms with E-state index in [-0.39, 0.29) is 54.1 Å². The van der Waals surface area contributed by atoms with Crippen LogP contribution in [0.1, 0.15) is 97.8 Å². The molecule has 6 N–H and O–H groups in total. The molecule has 0 spiro atoms. The summed E-state index contributed by atoms with van der Waals surface area (Å²) in [7, 11) is 0. The third-order valence-electron chi connectivity index (χ3n) is 11.6. The summed E-state index contributed by atoms with van der Waals surface area (Å²) in [6, 6.07) is -1.09. The summed E-state index contributed by atoms with van der Waals surface area (Å²) < 4.78 is 0. The second-order valence-electron chi connectivity index (χ2n) is 13.4. The number of amides is 2. The molecule has 0 aromatic heterocycles. The summed E-state index contributed by atoms with van der Waals surface area (Å²) in [6.45, 7) is 7.06. The minimum atomic E-state index is -1.15. The number of carbonyl (C=O) groups is 3. The van der Waals surface area contributed by atoms with E-state index in [9.17, 15) is 29.7 Å². The molecule has 4 saturated carbocycles. The standard InChI is InChI=1S/C29H48N2O6/c1-16(4-9-26(35)31-23(27(36)37)7-8-25(30)34)19-5-6-20-18-15-24(33)22-14-17(32)10-12-29(22,3)21(18)11-13-28(19,20)2/h16-24,32-33H,4-15H2,1-3H3,(H2,30,34)(H,31,35)(H,36,37). The zero-order valence-electron chi connectivity index (χ0n) is 22.8. The molecule has 4 aliphatic carbocycles. The number of nitrogens with one attached hydrogen (secondary N) is 1. The first-order valence-corrected chi connectivity index (χ1v) is 14.5. The van der Waals surface area contributed by atoms with Gasteiger partial charge in [0.05, 0.1) is 12.2 Å². The highest BCUT2D eigenvalue weighted by molar-refractivity contribution is 5.84. The topological polar surface area (TPSA) is 150 Å². The summed E-state index contributed by atoms with van der Waals surface area (Å²) in [5.74, 6) is 0.742. The van der Waals surface area contributed by atoms with Crippen molar-refractivity contribution in [1.29, 1.82) is 0 Å². The second-order valence-corrected chi connectivity index (χ2v) is 13.4.